The van der Waals surface area contributed by atoms with Gasteiger partial charge in [-0.15, -0.1) is 0 Å². The van der Waals surface area contributed by atoms with Gasteiger partial charge in [-0.05, 0) is 41.3 Å². The highest BCUT2D eigenvalue weighted by atomic mass is 16.2. The summed E-state index contributed by atoms with van der Waals surface area (Å²) in [5.41, 5.74) is 6.92. The predicted octanol–water partition coefficient (Wildman–Crippen LogP) is 1.68. The van der Waals surface area contributed by atoms with E-state index in [0.29, 0.717) is 24.8 Å². The summed E-state index contributed by atoms with van der Waals surface area (Å²) >= 11 is 0. The quantitative estimate of drug-likeness (QED) is 0.706. The summed E-state index contributed by atoms with van der Waals surface area (Å²) < 4.78 is 1.59. The number of nitrogens with one attached hydrogen (secondary N) is 1. The molecule has 142 valence electrons. The SMILES string of the molecule is CCC(Nc1nnnn1-c1ccccc1)C(=O)N(C)CCC(N)C(C)C. The van der Waals surface area contributed by atoms with Crippen molar-refractivity contribution < 1.29 is 4.79 Å². The van der Waals surface area contributed by atoms with Crippen LogP contribution in [0.1, 0.15) is 33.6 Å². The van der Waals surface area contributed by atoms with Crippen molar-refractivity contribution in [2.75, 3.05) is 18.9 Å². The largest absolute Gasteiger partial charge is 0.344 e. The van der Waals surface area contributed by atoms with Crippen LogP contribution in [0.3, 0.4) is 0 Å². The molecule has 0 fully saturated rings. The smallest absolute Gasteiger partial charge is 0.248 e. The Hall–Kier alpha value is -2.48. The Balaban J connectivity index is 2.03. The van der Waals surface area contributed by atoms with Crippen LogP contribution in [0.15, 0.2) is 30.3 Å². The number of aromatic nitrogens is 4. The number of tetrazole rings is 1. The zero-order chi connectivity index (χ0) is 19.1. The molecular formula is C18H29N7O. The van der Waals surface area contributed by atoms with Crippen LogP contribution in [-0.4, -0.2) is 56.7 Å². The summed E-state index contributed by atoms with van der Waals surface area (Å²) in [5, 5.41) is 14.9. The molecule has 1 aromatic carbocycles. The molecule has 8 heteroatoms. The van der Waals surface area contributed by atoms with Crippen molar-refractivity contribution >= 4 is 11.9 Å². The monoisotopic (exact) mass is 359 g/mol. The molecule has 0 bridgehead atoms. The normalized spacial score (nSPS) is 13.5. The Morgan fingerprint density at radius 3 is 2.62 bits per heavy atom. The Bertz CT molecular complexity index is 686. The molecular weight excluding hydrogens is 330 g/mol. The average molecular weight is 359 g/mol. The second-order valence-electron chi connectivity index (χ2n) is 6.81. The number of carbonyl (C=O) groups excluding carboxylic acids is 1. The number of carbonyl (C=O) groups is 1. The molecule has 1 aromatic heterocycles. The molecule has 8 nitrogen and oxygen atoms in total. The van der Waals surface area contributed by atoms with E-state index in [1.54, 1.807) is 16.6 Å². The van der Waals surface area contributed by atoms with Crippen LogP contribution in [0.5, 0.6) is 0 Å². The van der Waals surface area contributed by atoms with Crippen molar-refractivity contribution in [2.24, 2.45) is 11.7 Å². The molecule has 3 N–H and O–H groups in total. The molecule has 1 heterocycles. The molecule has 0 saturated carbocycles. The van der Waals surface area contributed by atoms with Gasteiger partial charge in [0, 0.05) is 19.6 Å². The van der Waals surface area contributed by atoms with E-state index < -0.39 is 6.04 Å². The van der Waals surface area contributed by atoms with Crippen LogP contribution in [0, 0.1) is 5.92 Å². The highest BCUT2D eigenvalue weighted by Crippen LogP contribution is 2.13. The van der Waals surface area contributed by atoms with Crippen LogP contribution >= 0.6 is 0 Å². The van der Waals surface area contributed by atoms with E-state index in [2.05, 4.69) is 34.7 Å². The highest BCUT2D eigenvalue weighted by molar-refractivity contribution is 5.84. The number of rotatable bonds is 9. The van der Waals surface area contributed by atoms with Gasteiger partial charge >= 0.3 is 0 Å². The number of para-hydroxylation sites is 1. The molecule has 2 aromatic rings. The lowest BCUT2D eigenvalue weighted by Gasteiger charge is -2.25. The van der Waals surface area contributed by atoms with Gasteiger partial charge in [-0.1, -0.05) is 44.1 Å². The van der Waals surface area contributed by atoms with E-state index in [4.69, 9.17) is 5.73 Å². The van der Waals surface area contributed by atoms with E-state index in [0.717, 1.165) is 12.1 Å². The third-order valence-electron chi connectivity index (χ3n) is 4.51. The number of likely N-dealkylation sites (N-methyl/N-ethyl adjacent to an activating group) is 1. The first-order valence-corrected chi connectivity index (χ1v) is 9.04. The van der Waals surface area contributed by atoms with Crippen molar-refractivity contribution in [3.05, 3.63) is 30.3 Å². The minimum atomic E-state index is -0.399. The van der Waals surface area contributed by atoms with Crippen molar-refractivity contribution in [1.82, 2.24) is 25.1 Å². The van der Waals surface area contributed by atoms with Crippen molar-refractivity contribution in [3.63, 3.8) is 0 Å². The predicted molar refractivity (Wildman–Crippen MR) is 102 cm³/mol. The van der Waals surface area contributed by atoms with E-state index >= 15 is 0 Å². The van der Waals surface area contributed by atoms with Gasteiger partial charge < -0.3 is 16.0 Å². The maximum atomic E-state index is 12.8. The number of benzene rings is 1. The van der Waals surface area contributed by atoms with Crippen LogP contribution in [0.2, 0.25) is 0 Å². The molecule has 2 atom stereocenters. The van der Waals surface area contributed by atoms with E-state index in [-0.39, 0.29) is 11.9 Å². The lowest BCUT2D eigenvalue weighted by atomic mass is 10.0. The summed E-state index contributed by atoms with van der Waals surface area (Å²) in [6.07, 6.45) is 1.40. The third kappa shape index (κ3) is 5.01. The Kier molecular flexibility index (Phi) is 7.08. The molecule has 0 aliphatic heterocycles. The minimum Gasteiger partial charge on any atom is -0.344 e. The Morgan fingerprint density at radius 1 is 1.31 bits per heavy atom. The van der Waals surface area contributed by atoms with Crippen molar-refractivity contribution in [2.45, 2.75) is 45.7 Å². The van der Waals surface area contributed by atoms with Gasteiger partial charge in [0.05, 0.1) is 5.69 Å². The van der Waals surface area contributed by atoms with Gasteiger partial charge in [0.1, 0.15) is 6.04 Å². The third-order valence-corrected chi connectivity index (χ3v) is 4.51. The van der Waals surface area contributed by atoms with Gasteiger partial charge in [-0.2, -0.15) is 4.68 Å². The first kappa shape index (κ1) is 19.8. The fourth-order valence-corrected chi connectivity index (χ4v) is 2.57. The molecule has 0 aliphatic rings. The zero-order valence-corrected chi connectivity index (χ0v) is 16.0. The molecule has 0 spiro atoms. The molecule has 0 aliphatic carbocycles. The Labute approximate surface area is 154 Å². The Morgan fingerprint density at radius 2 is 2.00 bits per heavy atom. The van der Waals surface area contributed by atoms with Crippen LogP contribution in [-0.2, 0) is 4.79 Å². The second kappa shape index (κ2) is 9.28. The molecule has 0 saturated heterocycles. The first-order valence-electron chi connectivity index (χ1n) is 9.04. The summed E-state index contributed by atoms with van der Waals surface area (Å²) in [6, 6.07) is 9.25. The van der Waals surface area contributed by atoms with E-state index in [1.165, 1.54) is 0 Å². The molecule has 26 heavy (non-hydrogen) atoms. The lowest BCUT2D eigenvalue weighted by molar-refractivity contribution is -0.130. The van der Waals surface area contributed by atoms with Gasteiger partial charge in [-0.25, -0.2) is 0 Å². The highest BCUT2D eigenvalue weighted by Gasteiger charge is 2.23. The number of hydrogen-bond acceptors (Lipinski definition) is 6. The maximum Gasteiger partial charge on any atom is 0.248 e. The minimum absolute atomic E-state index is 0.00562. The lowest BCUT2D eigenvalue weighted by Crippen LogP contribution is -2.43. The van der Waals surface area contributed by atoms with Gasteiger partial charge in [0.2, 0.25) is 11.9 Å². The molecule has 0 radical (unpaired) electrons. The average Bonchev–Trinajstić information content (AvgIpc) is 3.12. The fourth-order valence-electron chi connectivity index (χ4n) is 2.57. The van der Waals surface area contributed by atoms with Crippen LogP contribution in [0.25, 0.3) is 5.69 Å². The topological polar surface area (TPSA) is 102 Å². The molecule has 2 rings (SSSR count). The van der Waals surface area contributed by atoms with E-state index in [1.807, 2.05) is 37.3 Å². The second-order valence-corrected chi connectivity index (χ2v) is 6.81. The molecule has 1 amide bonds. The number of amides is 1. The summed E-state index contributed by atoms with van der Waals surface area (Å²) in [4.78, 5) is 14.5. The zero-order valence-electron chi connectivity index (χ0n) is 16.0. The van der Waals surface area contributed by atoms with Gasteiger partial charge in [0.25, 0.3) is 0 Å². The number of hydrogen-bond donors (Lipinski definition) is 2. The van der Waals surface area contributed by atoms with Crippen molar-refractivity contribution in [3.8, 4) is 5.69 Å². The summed E-state index contributed by atoms with van der Waals surface area (Å²) in [7, 11) is 1.81. The maximum absolute atomic E-state index is 12.8. The summed E-state index contributed by atoms with van der Waals surface area (Å²) in [6.45, 7) is 6.76. The fraction of sp³-hybridized carbons (Fsp3) is 0.556. The summed E-state index contributed by atoms with van der Waals surface area (Å²) in [5.74, 6) is 0.851. The number of nitrogens with zero attached hydrogens (tertiary/aromatic N) is 5. The van der Waals surface area contributed by atoms with E-state index in [9.17, 15) is 4.79 Å². The van der Waals surface area contributed by atoms with Gasteiger partial charge in [-0.3, -0.25) is 4.79 Å². The molecule has 2 unspecified atom stereocenters. The first-order chi connectivity index (χ1) is 12.4. The van der Waals surface area contributed by atoms with Gasteiger partial charge in [0.15, 0.2) is 0 Å². The van der Waals surface area contributed by atoms with Crippen LogP contribution < -0.4 is 11.1 Å². The number of nitrogens with two attached hydrogens (primary N) is 1. The van der Waals surface area contributed by atoms with Crippen LogP contribution in [0.4, 0.5) is 5.95 Å². The standard InChI is InChI=1S/C18H29N7O/c1-5-16(17(26)24(4)12-11-15(19)13(2)3)20-18-21-22-23-25(18)14-9-7-6-8-10-14/h6-10,13,15-16H,5,11-12,19H2,1-4H3,(H,20,21,23). The van der Waals surface area contributed by atoms with Crippen molar-refractivity contribution in [1.29, 1.82) is 0 Å². The number of anilines is 1.